The van der Waals surface area contributed by atoms with E-state index in [0.29, 0.717) is 32.6 Å². The molecule has 0 radical (unpaired) electrons. The number of anilines is 2. The Balaban J connectivity index is 1.75. The lowest BCUT2D eigenvalue weighted by atomic mass is 9.86. The number of aromatic hydroxyl groups is 1. The predicted molar refractivity (Wildman–Crippen MR) is 127 cm³/mol. The van der Waals surface area contributed by atoms with Crippen LogP contribution in [0.5, 0.6) is 11.5 Å². The molecule has 0 bridgehead atoms. The Morgan fingerprint density at radius 2 is 1.78 bits per heavy atom. The summed E-state index contributed by atoms with van der Waals surface area (Å²) in [5.74, 6) is 0.0398. The van der Waals surface area contributed by atoms with Crippen LogP contribution in [0.15, 0.2) is 36.5 Å². The van der Waals surface area contributed by atoms with Crippen molar-refractivity contribution in [1.29, 1.82) is 0 Å². The zero-order valence-electron chi connectivity index (χ0n) is 19.0. The first kappa shape index (κ1) is 23.3. The quantitative estimate of drug-likeness (QED) is 0.488. The van der Waals surface area contributed by atoms with Gasteiger partial charge in [0.2, 0.25) is 0 Å². The summed E-state index contributed by atoms with van der Waals surface area (Å²) >= 11 is 1.07. The number of amides is 2. The van der Waals surface area contributed by atoms with Crippen LogP contribution in [0.4, 0.5) is 10.8 Å². The minimum atomic E-state index is -0.365. The Morgan fingerprint density at radius 3 is 2.44 bits per heavy atom. The van der Waals surface area contributed by atoms with Gasteiger partial charge in [0, 0.05) is 11.1 Å². The van der Waals surface area contributed by atoms with Crippen molar-refractivity contribution in [3.05, 3.63) is 63.7 Å². The number of phenols is 1. The normalized spacial score (nSPS) is 11.2. The highest BCUT2D eigenvalue weighted by molar-refractivity contribution is 7.17. The lowest BCUT2D eigenvalue weighted by Crippen LogP contribution is -2.16. The highest BCUT2D eigenvalue weighted by Crippen LogP contribution is 2.32. The van der Waals surface area contributed by atoms with Crippen molar-refractivity contribution < 1.29 is 19.4 Å². The molecule has 1 aromatic heterocycles. The number of hydrogen-bond donors (Lipinski definition) is 3. The van der Waals surface area contributed by atoms with Gasteiger partial charge in [-0.1, -0.05) is 44.2 Å². The van der Waals surface area contributed by atoms with Gasteiger partial charge in [-0.2, -0.15) is 0 Å². The molecule has 0 spiro atoms. The summed E-state index contributed by atoms with van der Waals surface area (Å²) in [5.41, 5.74) is 3.29. The first-order valence-corrected chi connectivity index (χ1v) is 10.9. The number of nitrogens with zero attached hydrogens (tertiary/aromatic N) is 1. The Bertz CT molecular complexity index is 1180. The second-order valence-corrected chi connectivity index (χ2v) is 9.54. The SMILES string of the molecule is COc1cc(C(=O)Nc2ncc(C(=O)Nc3c(C)ccc(O)c3C)s2)ccc1C(C)(C)C. The molecule has 3 N–H and O–H groups in total. The van der Waals surface area contributed by atoms with Crippen molar-refractivity contribution >= 4 is 34.0 Å². The van der Waals surface area contributed by atoms with Crippen LogP contribution in [0, 0.1) is 13.8 Å². The molecule has 1 heterocycles. The Labute approximate surface area is 191 Å². The molecule has 0 fully saturated rings. The second kappa shape index (κ2) is 9.00. The summed E-state index contributed by atoms with van der Waals surface area (Å²) in [6.07, 6.45) is 1.41. The van der Waals surface area contributed by atoms with Crippen LogP contribution in [0.3, 0.4) is 0 Å². The van der Waals surface area contributed by atoms with Gasteiger partial charge < -0.3 is 15.2 Å². The van der Waals surface area contributed by atoms with Crippen LogP contribution in [0.25, 0.3) is 0 Å². The van der Waals surface area contributed by atoms with E-state index in [2.05, 4.69) is 36.4 Å². The summed E-state index contributed by atoms with van der Waals surface area (Å²) in [6.45, 7) is 9.81. The van der Waals surface area contributed by atoms with Crippen LogP contribution in [0.1, 0.15) is 57.5 Å². The van der Waals surface area contributed by atoms with Crippen molar-refractivity contribution in [2.75, 3.05) is 17.7 Å². The molecule has 0 saturated carbocycles. The maximum Gasteiger partial charge on any atom is 0.267 e. The molecule has 0 atom stereocenters. The Kier molecular flexibility index (Phi) is 6.55. The third-order valence-electron chi connectivity index (χ3n) is 5.10. The zero-order chi connectivity index (χ0) is 23.6. The van der Waals surface area contributed by atoms with Crippen molar-refractivity contribution in [3.63, 3.8) is 0 Å². The topological polar surface area (TPSA) is 101 Å². The van der Waals surface area contributed by atoms with Gasteiger partial charge in [0.15, 0.2) is 5.13 Å². The maximum absolute atomic E-state index is 12.7. The summed E-state index contributed by atoms with van der Waals surface area (Å²) in [6, 6.07) is 8.64. The van der Waals surface area contributed by atoms with E-state index in [-0.39, 0.29) is 23.0 Å². The summed E-state index contributed by atoms with van der Waals surface area (Å²) in [4.78, 5) is 29.9. The Hall–Kier alpha value is -3.39. The van der Waals surface area contributed by atoms with Gasteiger partial charge in [-0.15, -0.1) is 0 Å². The Morgan fingerprint density at radius 1 is 1.06 bits per heavy atom. The van der Waals surface area contributed by atoms with E-state index in [0.717, 1.165) is 22.5 Å². The van der Waals surface area contributed by atoms with Gasteiger partial charge in [-0.25, -0.2) is 4.98 Å². The predicted octanol–water partition coefficient (Wildman–Crippen LogP) is 5.28. The molecule has 3 rings (SSSR count). The number of nitrogens with one attached hydrogen (secondary N) is 2. The van der Waals surface area contributed by atoms with Crippen molar-refractivity contribution in [2.45, 2.75) is 40.0 Å². The molecule has 2 amide bonds. The third kappa shape index (κ3) is 4.91. The standard InChI is InChI=1S/C24H27N3O4S/c1-13-7-10-17(28)14(2)20(13)26-22(30)19-12-25-23(32-19)27-21(29)15-8-9-16(24(3,4)5)18(11-15)31-6/h7-12,28H,1-6H3,(H,26,30)(H,25,27,29). The van der Waals surface area contributed by atoms with Gasteiger partial charge in [-0.3, -0.25) is 14.9 Å². The summed E-state index contributed by atoms with van der Waals surface area (Å²) in [5, 5.41) is 15.8. The number of benzene rings is 2. The fourth-order valence-corrected chi connectivity index (χ4v) is 3.97. The highest BCUT2D eigenvalue weighted by atomic mass is 32.1. The minimum absolute atomic E-state index is 0.107. The molecule has 0 unspecified atom stereocenters. The van der Waals surface area contributed by atoms with Gasteiger partial charge in [0.05, 0.1) is 19.0 Å². The smallest absolute Gasteiger partial charge is 0.267 e. The van der Waals surface area contributed by atoms with Gasteiger partial charge in [0.1, 0.15) is 16.4 Å². The van der Waals surface area contributed by atoms with E-state index in [9.17, 15) is 14.7 Å². The molecule has 7 nitrogen and oxygen atoms in total. The lowest BCUT2D eigenvalue weighted by molar-refractivity contribution is 0.102. The molecule has 0 aliphatic heterocycles. The molecular weight excluding hydrogens is 426 g/mol. The van der Waals surface area contributed by atoms with Crippen LogP contribution < -0.4 is 15.4 Å². The minimum Gasteiger partial charge on any atom is -0.508 e. The van der Waals surface area contributed by atoms with Crippen molar-refractivity contribution in [3.8, 4) is 11.5 Å². The number of ether oxygens (including phenoxy) is 1. The largest absolute Gasteiger partial charge is 0.508 e. The van der Waals surface area contributed by atoms with Gasteiger partial charge >= 0.3 is 0 Å². The van der Waals surface area contributed by atoms with E-state index in [1.807, 2.05) is 13.0 Å². The fourth-order valence-electron chi connectivity index (χ4n) is 3.26. The average molecular weight is 454 g/mol. The first-order valence-electron chi connectivity index (χ1n) is 10.1. The average Bonchev–Trinajstić information content (AvgIpc) is 3.21. The van der Waals surface area contributed by atoms with Gasteiger partial charge in [0.25, 0.3) is 11.8 Å². The van der Waals surface area contributed by atoms with Crippen LogP contribution >= 0.6 is 11.3 Å². The van der Waals surface area contributed by atoms with E-state index in [4.69, 9.17) is 4.74 Å². The zero-order valence-corrected chi connectivity index (χ0v) is 19.8. The molecule has 3 aromatic rings. The first-order chi connectivity index (χ1) is 15.0. The summed E-state index contributed by atoms with van der Waals surface area (Å²) in [7, 11) is 1.58. The summed E-state index contributed by atoms with van der Waals surface area (Å²) < 4.78 is 5.47. The number of rotatable bonds is 5. The molecule has 0 saturated heterocycles. The van der Waals surface area contributed by atoms with Gasteiger partial charge in [-0.05, 0) is 48.6 Å². The van der Waals surface area contributed by atoms with E-state index >= 15 is 0 Å². The number of thiazole rings is 1. The monoisotopic (exact) mass is 453 g/mol. The number of carbonyl (C=O) groups is 2. The van der Waals surface area contributed by atoms with Crippen molar-refractivity contribution in [2.24, 2.45) is 0 Å². The van der Waals surface area contributed by atoms with E-state index in [1.165, 1.54) is 6.20 Å². The number of hydrogen-bond acceptors (Lipinski definition) is 6. The highest BCUT2D eigenvalue weighted by Gasteiger charge is 2.21. The molecule has 0 aliphatic rings. The molecule has 2 aromatic carbocycles. The fraction of sp³-hybridized carbons (Fsp3) is 0.292. The molecule has 32 heavy (non-hydrogen) atoms. The van der Waals surface area contributed by atoms with Crippen LogP contribution in [0.2, 0.25) is 0 Å². The van der Waals surface area contributed by atoms with Crippen molar-refractivity contribution in [1.82, 2.24) is 4.98 Å². The van der Waals surface area contributed by atoms with E-state index < -0.39 is 0 Å². The van der Waals surface area contributed by atoms with Crippen LogP contribution in [-0.2, 0) is 5.41 Å². The molecule has 168 valence electrons. The maximum atomic E-state index is 12.7. The number of aryl methyl sites for hydroxylation is 1. The molecule has 0 aliphatic carbocycles. The second-order valence-electron chi connectivity index (χ2n) is 8.50. The van der Waals surface area contributed by atoms with E-state index in [1.54, 1.807) is 38.3 Å². The number of aromatic nitrogens is 1. The molecule has 8 heteroatoms. The number of carbonyl (C=O) groups excluding carboxylic acids is 2. The number of phenolic OH excluding ortho intramolecular Hbond substituents is 1. The lowest BCUT2D eigenvalue weighted by Gasteiger charge is -2.22. The third-order valence-corrected chi connectivity index (χ3v) is 6.02. The van der Waals surface area contributed by atoms with Crippen LogP contribution in [-0.4, -0.2) is 29.0 Å². The molecular formula is C24H27N3O4S. The number of methoxy groups -OCH3 is 1.